The molecule has 0 spiro atoms. The van der Waals surface area contributed by atoms with E-state index in [0.717, 1.165) is 0 Å². The maximum absolute atomic E-state index is 15.8. The van der Waals surface area contributed by atoms with Crippen LogP contribution in [0.5, 0.6) is 23.0 Å². The van der Waals surface area contributed by atoms with Gasteiger partial charge < -0.3 is 19.3 Å². The number of halogens is 3. The van der Waals surface area contributed by atoms with Gasteiger partial charge in [0, 0.05) is 88.2 Å². The number of carbonyl (C=O) groups excluding carboxylic acids is 6. The molecule has 4 saturated heterocycles. The first-order valence-corrected chi connectivity index (χ1v) is 23.2. The quantitative estimate of drug-likeness (QED) is 0.151. The highest BCUT2D eigenvalue weighted by atomic mass is 35.5. The Balaban J connectivity index is 1.04. The monoisotopic (exact) mass is 1020 g/mol. The van der Waals surface area contributed by atoms with E-state index in [1.807, 2.05) is 9.80 Å². The van der Waals surface area contributed by atoms with Gasteiger partial charge in [0.15, 0.2) is 0 Å². The van der Waals surface area contributed by atoms with Gasteiger partial charge in [-0.3, -0.25) is 39.6 Å². The Labute approximate surface area is 419 Å². The summed E-state index contributed by atoms with van der Waals surface area (Å²) in [6.07, 6.45) is 6.36. The lowest BCUT2D eigenvalue weighted by Crippen LogP contribution is -2.81. The van der Waals surface area contributed by atoms with Gasteiger partial charge in [-0.1, -0.05) is 59.1 Å². The van der Waals surface area contributed by atoms with Gasteiger partial charge in [-0.05, 0) is 83.9 Å². The number of nitrogens with zero attached hydrogens (tertiary/aromatic N) is 10. The number of anilines is 2. The Kier molecular flexibility index (Phi) is 12.7. The first-order chi connectivity index (χ1) is 34.4. The molecule has 20 nitrogen and oxygen atoms in total. The molecule has 8 amide bonds. The smallest absolute Gasteiger partial charge is 0.350 e. The van der Waals surface area contributed by atoms with E-state index in [1.54, 1.807) is 95.3 Å². The lowest BCUT2D eigenvalue weighted by Gasteiger charge is -2.52. The average molecular weight is 1020 g/mol. The van der Waals surface area contributed by atoms with Crippen molar-refractivity contribution in [2.45, 2.75) is 11.1 Å². The van der Waals surface area contributed by atoms with E-state index in [9.17, 15) is 19.2 Å². The van der Waals surface area contributed by atoms with E-state index < -0.39 is 46.8 Å². The third-order valence-corrected chi connectivity index (χ3v) is 13.6. The predicted molar refractivity (Wildman–Crippen MR) is 257 cm³/mol. The summed E-state index contributed by atoms with van der Waals surface area (Å²) in [5.74, 6) is -2.37. The van der Waals surface area contributed by atoms with Crippen LogP contribution in [0, 0.1) is 0 Å². The zero-order valence-electron chi connectivity index (χ0n) is 37.2. The molecule has 0 radical (unpaired) electrons. The molecule has 0 saturated carbocycles. The van der Waals surface area contributed by atoms with Crippen LogP contribution in [-0.4, -0.2) is 128 Å². The number of barbiturate groups is 2. The Hall–Kier alpha value is -7.75. The van der Waals surface area contributed by atoms with Crippen molar-refractivity contribution in [3.63, 3.8) is 0 Å². The SMILES string of the molecule is O=C1NC(=O)C(c2ccc(Oc3ccc(Cl)cc3)cc2)(N2CCN(c3ncccn3)CC2)C(=O)N1N1C(=O)NC(=O)C(c2ccc(Oc3ccc(Cl)c(Cl)c3)cc2)(N2CCN(c3ncccn3)CC2)C1=O. The zero-order valence-corrected chi connectivity index (χ0v) is 39.4. The van der Waals surface area contributed by atoms with Gasteiger partial charge in [-0.25, -0.2) is 29.5 Å². The van der Waals surface area contributed by atoms with Crippen LogP contribution in [0.3, 0.4) is 0 Å². The minimum absolute atomic E-state index is 0.0311. The normalized spacial score (nSPS) is 21.3. The van der Waals surface area contributed by atoms with Crippen LogP contribution in [0.15, 0.2) is 128 Å². The van der Waals surface area contributed by atoms with Crippen molar-refractivity contribution in [1.29, 1.82) is 0 Å². The number of piperazine rings is 2. The van der Waals surface area contributed by atoms with E-state index >= 15 is 9.59 Å². The van der Waals surface area contributed by atoms with Gasteiger partial charge in [0.1, 0.15) is 23.0 Å². The number of imide groups is 4. The highest BCUT2D eigenvalue weighted by Crippen LogP contribution is 2.42. The van der Waals surface area contributed by atoms with E-state index in [-0.39, 0.29) is 74.3 Å². The molecule has 2 atom stereocenters. The minimum atomic E-state index is -2.40. The molecule has 2 N–H and O–H groups in total. The van der Waals surface area contributed by atoms with Crippen molar-refractivity contribution in [3.8, 4) is 23.0 Å². The molecule has 71 heavy (non-hydrogen) atoms. The van der Waals surface area contributed by atoms with Crippen molar-refractivity contribution < 1.29 is 38.2 Å². The summed E-state index contributed by atoms with van der Waals surface area (Å²) in [4.78, 5) is 114. The molecular formula is C48H39Cl3N12O8. The van der Waals surface area contributed by atoms with Crippen molar-refractivity contribution in [2.75, 3.05) is 62.2 Å². The Bertz CT molecular complexity index is 3040. The largest absolute Gasteiger partial charge is 0.457 e. The van der Waals surface area contributed by atoms with E-state index in [0.29, 0.717) is 49.2 Å². The lowest BCUT2D eigenvalue weighted by atomic mass is 9.82. The lowest BCUT2D eigenvalue weighted by molar-refractivity contribution is -0.179. The standard InChI is InChI=1S/C48H39Cl3N12O8/c49-32-7-13-35(14-8-32)70-33-9-3-30(4-10-33)47(60-25-21-58(22-26-60)43-52-17-1-18-53-43)39(64)56-45(68)62(41(47)66)63-42(67)48(40(65)57-46(63)69,61-27-23-59(24-28-61)44-54-19-2-20-55-44)31-5-11-34(12-6-31)71-36-15-16-37(50)38(51)29-36/h1-20,29H,21-28H2,(H,56,64,68)(H,57,65,69). The highest BCUT2D eigenvalue weighted by Gasteiger charge is 2.67. The van der Waals surface area contributed by atoms with Crippen LogP contribution in [-0.2, 0) is 30.3 Å². The van der Waals surface area contributed by atoms with E-state index in [4.69, 9.17) is 44.3 Å². The number of benzene rings is 4. The van der Waals surface area contributed by atoms with Gasteiger partial charge in [-0.15, -0.1) is 0 Å². The van der Waals surface area contributed by atoms with Gasteiger partial charge in [-0.2, -0.15) is 10.0 Å². The number of hydrogen-bond donors (Lipinski definition) is 2. The molecular weight excluding hydrogens is 979 g/mol. The van der Waals surface area contributed by atoms with Crippen LogP contribution < -0.4 is 29.9 Å². The summed E-state index contributed by atoms with van der Waals surface area (Å²) in [7, 11) is 0. The first-order valence-electron chi connectivity index (χ1n) is 22.1. The third kappa shape index (κ3) is 8.48. The van der Waals surface area contributed by atoms with Crippen molar-refractivity contribution in [3.05, 3.63) is 154 Å². The maximum atomic E-state index is 15.8. The number of amides is 8. The van der Waals surface area contributed by atoms with Crippen molar-refractivity contribution >= 4 is 82.4 Å². The number of carbonyl (C=O) groups is 6. The van der Waals surface area contributed by atoms with Crippen molar-refractivity contribution in [2.24, 2.45) is 0 Å². The van der Waals surface area contributed by atoms with Crippen LogP contribution in [0.1, 0.15) is 11.1 Å². The maximum Gasteiger partial charge on any atom is 0.350 e. The summed E-state index contributed by atoms with van der Waals surface area (Å²) in [6.45, 7) is 1.03. The Morgan fingerprint density at radius 2 is 0.817 bits per heavy atom. The Morgan fingerprint density at radius 3 is 1.21 bits per heavy atom. The van der Waals surface area contributed by atoms with Gasteiger partial charge in [0.05, 0.1) is 10.0 Å². The first kappa shape index (κ1) is 47.0. The van der Waals surface area contributed by atoms with Crippen LogP contribution in [0.2, 0.25) is 15.1 Å². The predicted octanol–water partition coefficient (Wildman–Crippen LogP) is 5.62. The van der Waals surface area contributed by atoms with E-state index in [2.05, 4.69) is 30.6 Å². The molecule has 6 heterocycles. The van der Waals surface area contributed by atoms with Crippen molar-refractivity contribution in [1.82, 2.24) is 50.4 Å². The van der Waals surface area contributed by atoms with Gasteiger partial charge in [0.2, 0.25) is 23.0 Å². The van der Waals surface area contributed by atoms with Crippen LogP contribution in [0.4, 0.5) is 21.5 Å². The summed E-state index contributed by atoms with van der Waals surface area (Å²) in [5, 5.41) is 6.24. The fraction of sp³-hybridized carbons (Fsp3) is 0.208. The molecule has 360 valence electrons. The average Bonchev–Trinajstić information content (AvgIpc) is 3.38. The third-order valence-electron chi connectivity index (χ3n) is 12.6. The zero-order chi connectivity index (χ0) is 49.4. The molecule has 6 aromatic rings. The molecule has 4 aliphatic heterocycles. The fourth-order valence-electron chi connectivity index (χ4n) is 9.20. The van der Waals surface area contributed by atoms with Gasteiger partial charge in [0.25, 0.3) is 23.6 Å². The van der Waals surface area contributed by atoms with Crippen LogP contribution >= 0.6 is 34.8 Å². The Morgan fingerprint density at radius 1 is 0.451 bits per heavy atom. The molecule has 0 bridgehead atoms. The van der Waals surface area contributed by atoms with Gasteiger partial charge >= 0.3 is 12.1 Å². The fourth-order valence-corrected chi connectivity index (χ4v) is 9.61. The number of ether oxygens (including phenoxy) is 2. The number of aromatic nitrogens is 4. The molecule has 4 aliphatic rings. The molecule has 2 aromatic heterocycles. The highest BCUT2D eigenvalue weighted by molar-refractivity contribution is 6.42. The topological polar surface area (TPSA) is 216 Å². The second-order valence-corrected chi connectivity index (χ2v) is 17.8. The second kappa shape index (κ2) is 19.2. The minimum Gasteiger partial charge on any atom is -0.457 e. The summed E-state index contributed by atoms with van der Waals surface area (Å²) in [6, 6.07) is 23.9. The number of nitrogens with one attached hydrogen (secondary N) is 2. The number of hydrazine groups is 1. The number of rotatable bonds is 11. The number of urea groups is 2. The molecule has 0 aliphatic carbocycles. The molecule has 2 unspecified atom stereocenters. The molecule has 10 rings (SSSR count). The molecule has 4 aromatic carbocycles. The summed E-state index contributed by atoms with van der Waals surface area (Å²) >= 11 is 18.4. The summed E-state index contributed by atoms with van der Waals surface area (Å²) < 4.78 is 12.1. The molecule has 23 heteroatoms. The van der Waals surface area contributed by atoms with Crippen LogP contribution in [0.25, 0.3) is 0 Å². The number of hydrogen-bond acceptors (Lipinski definition) is 16. The van der Waals surface area contributed by atoms with E-state index in [1.165, 1.54) is 42.5 Å². The summed E-state index contributed by atoms with van der Waals surface area (Å²) in [5.41, 5.74) is -4.64. The molecule has 4 fully saturated rings. The second-order valence-electron chi connectivity index (χ2n) is 16.5.